The van der Waals surface area contributed by atoms with Crippen molar-refractivity contribution in [2.45, 2.75) is 39.3 Å². The quantitative estimate of drug-likeness (QED) is 0.324. The van der Waals surface area contributed by atoms with Crippen molar-refractivity contribution in [1.82, 2.24) is 19.4 Å². The highest BCUT2D eigenvalue weighted by Gasteiger charge is 2.32. The molecule has 0 bridgehead atoms. The minimum Gasteiger partial charge on any atom is -0.497 e. The van der Waals surface area contributed by atoms with E-state index >= 15 is 0 Å². The first-order valence-electron chi connectivity index (χ1n) is 13.8. The first-order valence-corrected chi connectivity index (χ1v) is 13.8. The smallest absolute Gasteiger partial charge is 0.266 e. The Balaban J connectivity index is 1.39. The lowest BCUT2D eigenvalue weighted by atomic mass is 10.1. The Morgan fingerprint density at radius 3 is 2.38 bits per heavy atom. The largest absolute Gasteiger partial charge is 0.497 e. The molecule has 1 fully saturated rings. The number of methoxy groups -OCH3 is 1. The molecule has 2 unspecified atom stereocenters. The van der Waals surface area contributed by atoms with E-state index in [1.165, 1.54) is 0 Å². The van der Waals surface area contributed by atoms with Gasteiger partial charge in [0.1, 0.15) is 17.3 Å². The van der Waals surface area contributed by atoms with Crippen molar-refractivity contribution < 1.29 is 14.3 Å². The monoisotopic (exact) mass is 540 g/mol. The Labute approximate surface area is 234 Å². The van der Waals surface area contributed by atoms with Crippen LogP contribution in [-0.4, -0.2) is 64.7 Å². The molecule has 208 valence electrons. The van der Waals surface area contributed by atoms with Crippen LogP contribution in [0.2, 0.25) is 0 Å². The summed E-state index contributed by atoms with van der Waals surface area (Å²) in [6.45, 7) is 8.67. The molecule has 1 aromatic heterocycles. The number of carbonyl (C=O) groups excluding carboxylic acids is 1. The first kappa shape index (κ1) is 27.4. The Hall–Kier alpha value is -4.17. The van der Waals surface area contributed by atoms with Gasteiger partial charge in [-0.2, -0.15) is 0 Å². The predicted molar refractivity (Wildman–Crippen MR) is 156 cm³/mol. The summed E-state index contributed by atoms with van der Waals surface area (Å²) in [4.78, 5) is 36.2. The molecule has 0 N–H and O–H groups in total. The average molecular weight is 541 g/mol. The van der Waals surface area contributed by atoms with E-state index in [0.29, 0.717) is 49.4 Å². The minimum atomic E-state index is -0.148. The molecule has 5 rings (SSSR count). The molecule has 1 amide bonds. The molecule has 3 aromatic carbocycles. The van der Waals surface area contributed by atoms with E-state index < -0.39 is 0 Å². The summed E-state index contributed by atoms with van der Waals surface area (Å²) in [7, 11) is 1.63. The Morgan fingerprint density at radius 2 is 1.70 bits per heavy atom. The molecule has 2 atom stereocenters. The van der Waals surface area contributed by atoms with Crippen LogP contribution in [0, 0.1) is 0 Å². The van der Waals surface area contributed by atoms with Crippen molar-refractivity contribution in [3.05, 3.63) is 94.5 Å². The Kier molecular flexibility index (Phi) is 8.16. The third kappa shape index (κ3) is 5.58. The van der Waals surface area contributed by atoms with E-state index in [2.05, 4.69) is 18.7 Å². The van der Waals surface area contributed by atoms with E-state index in [-0.39, 0.29) is 23.6 Å². The summed E-state index contributed by atoms with van der Waals surface area (Å²) in [6, 6.07) is 22.5. The van der Waals surface area contributed by atoms with Crippen molar-refractivity contribution in [3.63, 3.8) is 0 Å². The minimum absolute atomic E-state index is 0.0213. The van der Waals surface area contributed by atoms with Gasteiger partial charge in [-0.3, -0.25) is 19.1 Å². The van der Waals surface area contributed by atoms with E-state index in [4.69, 9.17) is 14.5 Å². The standard InChI is InChI=1S/C32H36N4O4/c1-5-40-27-16-12-25(13-17-27)36-31(33-29-9-7-6-8-28(29)32(36)38)23(3)34-18-19-35(22(2)21-34)30(37)20-24-10-14-26(39-4)15-11-24/h6-17,22-23H,5,18-21H2,1-4H3. The maximum atomic E-state index is 13.8. The predicted octanol–water partition coefficient (Wildman–Crippen LogP) is 4.63. The number of piperazine rings is 1. The number of hydrogen-bond donors (Lipinski definition) is 0. The number of fused-ring (bicyclic) bond motifs is 1. The fraction of sp³-hybridized carbons (Fsp3) is 0.344. The summed E-state index contributed by atoms with van der Waals surface area (Å²) in [6.07, 6.45) is 0.355. The molecule has 1 aliphatic rings. The molecular weight excluding hydrogens is 504 g/mol. The average Bonchev–Trinajstić information content (AvgIpc) is 2.97. The van der Waals surface area contributed by atoms with Crippen LogP contribution in [0.5, 0.6) is 11.5 Å². The van der Waals surface area contributed by atoms with Crippen molar-refractivity contribution in [2.24, 2.45) is 0 Å². The molecule has 0 saturated carbocycles. The van der Waals surface area contributed by atoms with Gasteiger partial charge >= 0.3 is 0 Å². The molecule has 8 nitrogen and oxygen atoms in total. The van der Waals surface area contributed by atoms with Crippen LogP contribution in [-0.2, 0) is 11.2 Å². The normalized spacial score (nSPS) is 16.6. The van der Waals surface area contributed by atoms with Crippen molar-refractivity contribution in [3.8, 4) is 17.2 Å². The van der Waals surface area contributed by atoms with Gasteiger partial charge in [0.2, 0.25) is 5.91 Å². The van der Waals surface area contributed by atoms with Crippen LogP contribution in [0.3, 0.4) is 0 Å². The molecule has 0 aliphatic carbocycles. The molecule has 1 saturated heterocycles. The van der Waals surface area contributed by atoms with Crippen molar-refractivity contribution in [1.29, 1.82) is 0 Å². The maximum absolute atomic E-state index is 13.8. The maximum Gasteiger partial charge on any atom is 0.266 e. The van der Waals surface area contributed by atoms with Gasteiger partial charge < -0.3 is 14.4 Å². The highest BCUT2D eigenvalue weighted by Crippen LogP contribution is 2.26. The molecule has 8 heteroatoms. The third-order valence-corrected chi connectivity index (χ3v) is 7.62. The highest BCUT2D eigenvalue weighted by atomic mass is 16.5. The fourth-order valence-corrected chi connectivity index (χ4v) is 5.43. The second-order valence-corrected chi connectivity index (χ2v) is 10.2. The van der Waals surface area contributed by atoms with E-state index in [0.717, 1.165) is 22.7 Å². The van der Waals surface area contributed by atoms with E-state index in [1.807, 2.05) is 84.6 Å². The van der Waals surface area contributed by atoms with Gasteiger partial charge in [-0.15, -0.1) is 0 Å². The molecule has 40 heavy (non-hydrogen) atoms. The number of hydrogen-bond acceptors (Lipinski definition) is 6. The zero-order chi connectivity index (χ0) is 28.2. The van der Waals surface area contributed by atoms with Gasteiger partial charge in [0.25, 0.3) is 5.56 Å². The summed E-state index contributed by atoms with van der Waals surface area (Å²) in [5.74, 6) is 2.32. The summed E-state index contributed by atoms with van der Waals surface area (Å²) >= 11 is 0. The lowest BCUT2D eigenvalue weighted by Crippen LogP contribution is -2.55. The van der Waals surface area contributed by atoms with Crippen LogP contribution < -0.4 is 15.0 Å². The van der Waals surface area contributed by atoms with Gasteiger partial charge in [0.05, 0.1) is 42.8 Å². The topological polar surface area (TPSA) is 76.9 Å². The SMILES string of the molecule is CCOc1ccc(-n2c(C(C)N3CCN(C(=O)Cc4ccc(OC)cc4)C(C)C3)nc3ccccc3c2=O)cc1. The molecular formula is C32H36N4O4. The number of carbonyl (C=O) groups is 1. The first-order chi connectivity index (χ1) is 19.4. The molecule has 1 aliphatic heterocycles. The van der Waals surface area contributed by atoms with Crippen molar-refractivity contribution in [2.75, 3.05) is 33.4 Å². The van der Waals surface area contributed by atoms with Gasteiger partial charge in [-0.25, -0.2) is 4.98 Å². The van der Waals surface area contributed by atoms with E-state index in [1.54, 1.807) is 11.7 Å². The van der Waals surface area contributed by atoms with Gasteiger partial charge in [0, 0.05) is 25.7 Å². The van der Waals surface area contributed by atoms with Gasteiger partial charge in [-0.1, -0.05) is 24.3 Å². The summed E-state index contributed by atoms with van der Waals surface area (Å²) < 4.78 is 12.6. The highest BCUT2D eigenvalue weighted by molar-refractivity contribution is 5.79. The summed E-state index contributed by atoms with van der Waals surface area (Å²) in [5.41, 5.74) is 2.29. The van der Waals surface area contributed by atoms with Crippen LogP contribution in [0.25, 0.3) is 16.6 Å². The lowest BCUT2D eigenvalue weighted by Gasteiger charge is -2.42. The fourth-order valence-electron chi connectivity index (χ4n) is 5.43. The van der Waals surface area contributed by atoms with Gasteiger partial charge in [-0.05, 0) is 74.9 Å². The third-order valence-electron chi connectivity index (χ3n) is 7.62. The van der Waals surface area contributed by atoms with E-state index in [9.17, 15) is 9.59 Å². The Bertz CT molecular complexity index is 1530. The molecule has 0 radical (unpaired) electrons. The summed E-state index contributed by atoms with van der Waals surface area (Å²) in [5, 5.41) is 0.578. The van der Waals surface area contributed by atoms with Gasteiger partial charge in [0.15, 0.2) is 0 Å². The molecule has 2 heterocycles. The van der Waals surface area contributed by atoms with Crippen molar-refractivity contribution >= 4 is 16.8 Å². The number of amides is 1. The molecule has 4 aromatic rings. The second-order valence-electron chi connectivity index (χ2n) is 10.2. The Morgan fingerprint density at radius 1 is 1.00 bits per heavy atom. The zero-order valence-electron chi connectivity index (χ0n) is 23.5. The number of para-hydroxylation sites is 1. The van der Waals surface area contributed by atoms with Crippen LogP contribution in [0.15, 0.2) is 77.6 Å². The number of ether oxygens (including phenoxy) is 2. The van der Waals surface area contributed by atoms with Crippen LogP contribution in [0.4, 0.5) is 0 Å². The molecule has 0 spiro atoms. The second kappa shape index (κ2) is 11.9. The van der Waals surface area contributed by atoms with Crippen LogP contribution >= 0.6 is 0 Å². The zero-order valence-corrected chi connectivity index (χ0v) is 23.5. The number of rotatable bonds is 8. The number of benzene rings is 3. The number of aromatic nitrogens is 2. The van der Waals surface area contributed by atoms with Crippen LogP contribution in [0.1, 0.15) is 38.2 Å². The lowest BCUT2D eigenvalue weighted by molar-refractivity contribution is -0.135. The number of nitrogens with zero attached hydrogens (tertiary/aromatic N) is 4.